The highest BCUT2D eigenvalue weighted by Gasteiger charge is 2.22. The Bertz CT molecular complexity index is 812. The highest BCUT2D eigenvalue weighted by atomic mass is 79.9. The first-order valence-corrected chi connectivity index (χ1v) is 11.1. The van der Waals surface area contributed by atoms with E-state index in [-0.39, 0.29) is 12.7 Å². The number of aromatic nitrogens is 2. The lowest BCUT2D eigenvalue weighted by Gasteiger charge is -2.34. The van der Waals surface area contributed by atoms with Crippen molar-refractivity contribution in [1.82, 2.24) is 19.8 Å². The lowest BCUT2D eigenvalue weighted by atomic mass is 10.2. The van der Waals surface area contributed by atoms with Crippen molar-refractivity contribution in [3.05, 3.63) is 58.1 Å². The molecule has 0 aromatic carbocycles. The molecule has 3 rings (SSSR count). The molecule has 30 heavy (non-hydrogen) atoms. The van der Waals surface area contributed by atoms with Crippen LogP contribution in [0.4, 0.5) is 4.79 Å². The normalized spacial score (nSPS) is 14.7. The molecule has 1 fully saturated rings. The summed E-state index contributed by atoms with van der Waals surface area (Å²) in [5, 5.41) is 0. The summed E-state index contributed by atoms with van der Waals surface area (Å²) in [6.07, 6.45) is 3.30. The minimum atomic E-state index is -0.259. The summed E-state index contributed by atoms with van der Waals surface area (Å²) in [5.41, 5.74) is 3.27. The topological polar surface area (TPSA) is 67.8 Å². The van der Waals surface area contributed by atoms with E-state index in [1.54, 1.807) is 11.1 Å². The Labute approximate surface area is 186 Å². The monoisotopic (exact) mass is 476 g/mol. The van der Waals surface area contributed by atoms with E-state index in [4.69, 9.17) is 9.47 Å². The largest absolute Gasteiger partial charge is 0.447 e. The van der Waals surface area contributed by atoms with Crippen LogP contribution >= 0.6 is 15.9 Å². The summed E-state index contributed by atoms with van der Waals surface area (Å²) in [6, 6.07) is 10.1. The molecule has 0 unspecified atom stereocenters. The van der Waals surface area contributed by atoms with Gasteiger partial charge in [-0.1, -0.05) is 12.1 Å². The van der Waals surface area contributed by atoms with E-state index in [1.807, 2.05) is 31.2 Å². The molecule has 0 atom stereocenters. The summed E-state index contributed by atoms with van der Waals surface area (Å²) in [5.74, 6) is 0. The molecular formula is C22H29BrN4O3. The van der Waals surface area contributed by atoms with Crippen LogP contribution in [0.25, 0.3) is 0 Å². The molecular weight excluding hydrogens is 448 g/mol. The average Bonchev–Trinajstić information content (AvgIpc) is 2.75. The molecule has 7 nitrogen and oxygen atoms in total. The average molecular weight is 477 g/mol. The summed E-state index contributed by atoms with van der Waals surface area (Å²) < 4.78 is 11.8. The van der Waals surface area contributed by atoms with Crippen LogP contribution in [-0.2, 0) is 22.4 Å². The van der Waals surface area contributed by atoms with Crippen molar-refractivity contribution < 1.29 is 14.3 Å². The van der Waals surface area contributed by atoms with Crippen molar-refractivity contribution in [3.63, 3.8) is 0 Å². The predicted octanol–water partition coefficient (Wildman–Crippen LogP) is 3.45. The highest BCUT2D eigenvalue weighted by molar-refractivity contribution is 9.10. The first kappa shape index (κ1) is 22.7. The number of hydrogen-bond acceptors (Lipinski definition) is 6. The summed E-state index contributed by atoms with van der Waals surface area (Å²) in [4.78, 5) is 25.0. The second kappa shape index (κ2) is 12.0. The van der Waals surface area contributed by atoms with Gasteiger partial charge in [0.25, 0.3) is 0 Å². The number of nitrogens with zero attached hydrogens (tertiary/aromatic N) is 4. The minimum Gasteiger partial charge on any atom is -0.447 e. The van der Waals surface area contributed by atoms with Crippen molar-refractivity contribution >= 4 is 22.0 Å². The molecule has 162 valence electrons. The molecule has 1 aliphatic heterocycles. The highest BCUT2D eigenvalue weighted by Crippen LogP contribution is 2.16. The third kappa shape index (κ3) is 7.34. The number of rotatable bonds is 9. The van der Waals surface area contributed by atoms with Crippen molar-refractivity contribution in [2.75, 3.05) is 46.0 Å². The van der Waals surface area contributed by atoms with E-state index in [2.05, 4.69) is 36.9 Å². The molecule has 1 amide bonds. The van der Waals surface area contributed by atoms with Crippen LogP contribution in [0.2, 0.25) is 0 Å². The van der Waals surface area contributed by atoms with E-state index < -0.39 is 0 Å². The van der Waals surface area contributed by atoms with Crippen LogP contribution in [0.15, 0.2) is 41.1 Å². The Morgan fingerprint density at radius 1 is 1.10 bits per heavy atom. The fourth-order valence-electron chi connectivity index (χ4n) is 3.34. The lowest BCUT2D eigenvalue weighted by Crippen LogP contribution is -2.48. The van der Waals surface area contributed by atoms with Crippen molar-refractivity contribution in [1.29, 1.82) is 0 Å². The maximum absolute atomic E-state index is 12.2. The number of hydrogen-bond donors (Lipinski definition) is 0. The van der Waals surface area contributed by atoms with Crippen LogP contribution in [0.3, 0.4) is 0 Å². The van der Waals surface area contributed by atoms with Crippen molar-refractivity contribution in [2.45, 2.75) is 26.3 Å². The number of pyridine rings is 2. The molecule has 1 aliphatic rings. The van der Waals surface area contributed by atoms with Gasteiger partial charge in [-0.05, 0) is 59.5 Å². The van der Waals surface area contributed by atoms with E-state index in [9.17, 15) is 4.79 Å². The number of piperazine rings is 1. The van der Waals surface area contributed by atoms with Gasteiger partial charge in [0, 0.05) is 56.9 Å². The number of carbonyl (C=O) groups is 1. The minimum absolute atomic E-state index is 0.259. The van der Waals surface area contributed by atoms with E-state index in [0.717, 1.165) is 54.0 Å². The molecule has 3 heterocycles. The molecule has 0 bridgehead atoms. The standard InChI is InChI=1S/C22H29BrN4O3/c1-18-5-2-7-20(25-18)8-4-14-29-15-16-30-22(28)27-12-10-26(11-13-27)17-19-6-3-9-24-21(19)23/h2-3,5-7,9H,4,8,10-17H2,1H3. The van der Waals surface area contributed by atoms with E-state index >= 15 is 0 Å². The van der Waals surface area contributed by atoms with Crippen LogP contribution < -0.4 is 0 Å². The third-order valence-corrected chi connectivity index (χ3v) is 5.70. The first-order chi connectivity index (χ1) is 14.6. The molecule has 2 aromatic rings. The molecule has 2 aromatic heterocycles. The van der Waals surface area contributed by atoms with Gasteiger partial charge in [-0.25, -0.2) is 9.78 Å². The van der Waals surface area contributed by atoms with Gasteiger partial charge in [0.15, 0.2) is 0 Å². The van der Waals surface area contributed by atoms with E-state index in [1.165, 1.54) is 0 Å². The quantitative estimate of drug-likeness (QED) is 0.407. The number of ether oxygens (including phenoxy) is 2. The zero-order chi connectivity index (χ0) is 21.2. The summed E-state index contributed by atoms with van der Waals surface area (Å²) in [7, 11) is 0. The van der Waals surface area contributed by atoms with E-state index in [0.29, 0.717) is 26.3 Å². The Morgan fingerprint density at radius 3 is 2.70 bits per heavy atom. The SMILES string of the molecule is Cc1cccc(CCCOCCOC(=O)N2CCN(Cc3cccnc3Br)CC2)n1. The zero-order valence-corrected chi connectivity index (χ0v) is 19.0. The van der Waals surface area contributed by atoms with Gasteiger partial charge in [-0.3, -0.25) is 9.88 Å². The molecule has 0 aliphatic carbocycles. The van der Waals surface area contributed by atoms with Gasteiger partial charge in [-0.2, -0.15) is 0 Å². The molecule has 1 saturated heterocycles. The van der Waals surface area contributed by atoms with Gasteiger partial charge in [0.2, 0.25) is 0 Å². The number of carbonyl (C=O) groups excluding carboxylic acids is 1. The second-order valence-corrected chi connectivity index (χ2v) is 8.07. The molecule has 0 spiro atoms. The van der Waals surface area contributed by atoms with Gasteiger partial charge in [-0.15, -0.1) is 0 Å². The van der Waals surface area contributed by atoms with Gasteiger partial charge < -0.3 is 14.4 Å². The van der Waals surface area contributed by atoms with Crippen LogP contribution in [0, 0.1) is 6.92 Å². The third-order valence-electron chi connectivity index (χ3n) is 4.98. The fraction of sp³-hybridized carbons (Fsp3) is 0.500. The Hall–Kier alpha value is -2.03. The Kier molecular flexibility index (Phi) is 9.04. The molecule has 0 N–H and O–H groups in total. The number of aryl methyl sites for hydroxylation is 2. The number of amides is 1. The van der Waals surface area contributed by atoms with Crippen LogP contribution in [0.5, 0.6) is 0 Å². The Balaban J connectivity index is 1.24. The van der Waals surface area contributed by atoms with Crippen molar-refractivity contribution in [2.24, 2.45) is 0 Å². The van der Waals surface area contributed by atoms with Gasteiger partial charge >= 0.3 is 6.09 Å². The van der Waals surface area contributed by atoms with Gasteiger partial charge in [0.1, 0.15) is 11.2 Å². The van der Waals surface area contributed by atoms with Crippen LogP contribution in [0.1, 0.15) is 23.4 Å². The van der Waals surface area contributed by atoms with Gasteiger partial charge in [0.05, 0.1) is 6.61 Å². The summed E-state index contributed by atoms with van der Waals surface area (Å²) in [6.45, 7) is 7.13. The lowest BCUT2D eigenvalue weighted by molar-refractivity contribution is 0.0430. The fourth-order valence-corrected chi connectivity index (χ4v) is 3.72. The van der Waals surface area contributed by atoms with Crippen molar-refractivity contribution in [3.8, 4) is 0 Å². The molecule has 0 saturated carbocycles. The Morgan fingerprint density at radius 2 is 1.93 bits per heavy atom. The zero-order valence-electron chi connectivity index (χ0n) is 17.4. The second-order valence-electron chi connectivity index (χ2n) is 7.32. The molecule has 0 radical (unpaired) electrons. The molecule has 8 heteroatoms. The first-order valence-electron chi connectivity index (χ1n) is 10.4. The maximum Gasteiger partial charge on any atom is 0.409 e. The van der Waals surface area contributed by atoms with Crippen LogP contribution in [-0.4, -0.2) is 71.9 Å². The maximum atomic E-state index is 12.2. The smallest absolute Gasteiger partial charge is 0.409 e. The number of halogens is 1. The predicted molar refractivity (Wildman–Crippen MR) is 118 cm³/mol. The summed E-state index contributed by atoms with van der Waals surface area (Å²) >= 11 is 3.49.